The topological polar surface area (TPSA) is 50.8 Å². The van der Waals surface area contributed by atoms with Crippen molar-refractivity contribution in [2.45, 2.75) is 19.3 Å². The molecule has 1 aromatic heterocycles. The van der Waals surface area contributed by atoms with Crippen LogP contribution in [0.3, 0.4) is 0 Å². The van der Waals surface area contributed by atoms with Crippen LogP contribution < -0.4 is 4.74 Å². The smallest absolute Gasteiger partial charge is 0.166 e. The van der Waals surface area contributed by atoms with Gasteiger partial charge in [-0.25, -0.2) is 4.68 Å². The number of hydrogen-bond donors (Lipinski definition) is 0. The Bertz CT molecular complexity index is 620. The third-order valence-electron chi connectivity index (χ3n) is 3.35. The van der Waals surface area contributed by atoms with Gasteiger partial charge in [-0.2, -0.15) is 10.4 Å². The van der Waals surface area contributed by atoms with Gasteiger partial charge in [0.2, 0.25) is 0 Å². The molecule has 0 fully saturated rings. The van der Waals surface area contributed by atoms with Gasteiger partial charge < -0.3 is 4.74 Å². The molecule has 0 radical (unpaired) electrons. The fourth-order valence-electron chi connectivity index (χ4n) is 2.46. The zero-order valence-electron chi connectivity index (χ0n) is 10.2. The van der Waals surface area contributed by atoms with Crippen LogP contribution >= 0.6 is 0 Å². The first-order chi connectivity index (χ1) is 8.83. The summed E-state index contributed by atoms with van der Waals surface area (Å²) in [6.45, 7) is 0. The molecule has 90 valence electrons. The standard InChI is InChI=1S/C14H13N3O/c1-18-11-7-5-10(6-8-11)17-14-4-2-3-12(14)13(9-15)16-17/h5-8H,2-4H2,1H3. The van der Waals surface area contributed by atoms with Gasteiger partial charge in [-0.1, -0.05) is 0 Å². The van der Waals surface area contributed by atoms with Crippen molar-refractivity contribution in [1.82, 2.24) is 9.78 Å². The minimum Gasteiger partial charge on any atom is -0.497 e. The van der Waals surface area contributed by atoms with Gasteiger partial charge in [0.25, 0.3) is 0 Å². The minimum absolute atomic E-state index is 0.568. The molecular weight excluding hydrogens is 226 g/mol. The van der Waals surface area contributed by atoms with Gasteiger partial charge in [0, 0.05) is 11.3 Å². The molecule has 0 aliphatic heterocycles. The van der Waals surface area contributed by atoms with E-state index in [0.29, 0.717) is 5.69 Å². The Labute approximate surface area is 105 Å². The van der Waals surface area contributed by atoms with Gasteiger partial charge in [-0.05, 0) is 43.5 Å². The number of fused-ring (bicyclic) bond motifs is 1. The van der Waals surface area contributed by atoms with Crippen LogP contribution in [0.5, 0.6) is 5.75 Å². The maximum atomic E-state index is 9.10. The van der Waals surface area contributed by atoms with Crippen molar-refractivity contribution in [2.24, 2.45) is 0 Å². The largest absolute Gasteiger partial charge is 0.497 e. The summed E-state index contributed by atoms with van der Waals surface area (Å²) < 4.78 is 7.03. The summed E-state index contributed by atoms with van der Waals surface area (Å²) >= 11 is 0. The lowest BCUT2D eigenvalue weighted by Gasteiger charge is -2.06. The van der Waals surface area contributed by atoms with Gasteiger partial charge in [0.15, 0.2) is 5.69 Å². The van der Waals surface area contributed by atoms with Crippen LogP contribution in [0.15, 0.2) is 24.3 Å². The summed E-state index contributed by atoms with van der Waals surface area (Å²) in [4.78, 5) is 0. The SMILES string of the molecule is COc1ccc(-n2nc(C#N)c3c2CCC3)cc1. The van der Waals surface area contributed by atoms with Crippen LogP contribution in [0, 0.1) is 11.3 Å². The van der Waals surface area contributed by atoms with E-state index in [1.807, 2.05) is 28.9 Å². The molecule has 0 unspecified atom stereocenters. The molecule has 1 aromatic carbocycles. The van der Waals surface area contributed by atoms with Gasteiger partial charge >= 0.3 is 0 Å². The Morgan fingerprint density at radius 2 is 2.06 bits per heavy atom. The lowest BCUT2D eigenvalue weighted by molar-refractivity contribution is 0.414. The summed E-state index contributed by atoms with van der Waals surface area (Å²) in [7, 11) is 1.65. The number of benzene rings is 1. The number of ether oxygens (including phenoxy) is 1. The second kappa shape index (κ2) is 4.19. The molecule has 2 aromatic rings. The summed E-state index contributed by atoms with van der Waals surface area (Å²) in [5.74, 6) is 0.822. The van der Waals surface area contributed by atoms with E-state index in [2.05, 4.69) is 11.2 Å². The molecule has 0 amide bonds. The van der Waals surface area contributed by atoms with E-state index in [4.69, 9.17) is 10.00 Å². The van der Waals surface area contributed by atoms with Crippen LogP contribution in [-0.2, 0) is 12.8 Å². The molecule has 0 atom stereocenters. The molecule has 3 rings (SSSR count). The van der Waals surface area contributed by atoms with E-state index in [-0.39, 0.29) is 0 Å². The van der Waals surface area contributed by atoms with E-state index in [0.717, 1.165) is 36.3 Å². The van der Waals surface area contributed by atoms with Crippen molar-refractivity contribution in [3.8, 4) is 17.5 Å². The Balaban J connectivity index is 2.09. The molecule has 0 saturated heterocycles. The number of hydrogen-bond acceptors (Lipinski definition) is 3. The van der Waals surface area contributed by atoms with Crippen LogP contribution in [0.2, 0.25) is 0 Å². The quantitative estimate of drug-likeness (QED) is 0.807. The van der Waals surface area contributed by atoms with Crippen molar-refractivity contribution in [3.05, 3.63) is 41.2 Å². The zero-order valence-corrected chi connectivity index (χ0v) is 10.2. The van der Waals surface area contributed by atoms with Crippen molar-refractivity contribution in [3.63, 3.8) is 0 Å². The summed E-state index contributed by atoms with van der Waals surface area (Å²) in [6, 6.07) is 9.93. The Kier molecular flexibility index (Phi) is 2.52. The fraction of sp³-hybridized carbons (Fsp3) is 0.286. The predicted molar refractivity (Wildman–Crippen MR) is 66.9 cm³/mol. The first-order valence-electron chi connectivity index (χ1n) is 5.99. The molecule has 18 heavy (non-hydrogen) atoms. The van der Waals surface area contributed by atoms with Gasteiger partial charge in [-0.15, -0.1) is 0 Å². The molecule has 4 nitrogen and oxygen atoms in total. The van der Waals surface area contributed by atoms with Crippen molar-refractivity contribution >= 4 is 0 Å². The molecule has 0 bridgehead atoms. The highest BCUT2D eigenvalue weighted by Gasteiger charge is 2.22. The monoisotopic (exact) mass is 239 g/mol. The molecule has 1 aliphatic carbocycles. The molecule has 1 heterocycles. The number of nitriles is 1. The average Bonchev–Trinajstić information content (AvgIpc) is 3.00. The summed E-state index contributed by atoms with van der Waals surface area (Å²) in [5, 5.41) is 13.5. The van der Waals surface area contributed by atoms with Crippen LogP contribution in [0.4, 0.5) is 0 Å². The summed E-state index contributed by atoms with van der Waals surface area (Å²) in [6.07, 6.45) is 3.07. The zero-order chi connectivity index (χ0) is 12.5. The predicted octanol–water partition coefficient (Wildman–Crippen LogP) is 2.24. The maximum absolute atomic E-state index is 9.10. The maximum Gasteiger partial charge on any atom is 0.166 e. The number of methoxy groups -OCH3 is 1. The molecule has 0 spiro atoms. The molecule has 0 saturated carbocycles. The third kappa shape index (κ3) is 1.56. The Morgan fingerprint density at radius 3 is 2.72 bits per heavy atom. The Morgan fingerprint density at radius 1 is 1.28 bits per heavy atom. The van der Waals surface area contributed by atoms with Crippen molar-refractivity contribution in [1.29, 1.82) is 5.26 Å². The van der Waals surface area contributed by atoms with Crippen LogP contribution in [0.1, 0.15) is 23.4 Å². The first kappa shape index (κ1) is 10.8. The van der Waals surface area contributed by atoms with Gasteiger partial charge in [0.05, 0.1) is 12.8 Å². The highest BCUT2D eigenvalue weighted by molar-refractivity contribution is 5.45. The Hall–Kier alpha value is -2.28. The second-order valence-electron chi connectivity index (χ2n) is 4.35. The van der Waals surface area contributed by atoms with E-state index in [1.54, 1.807) is 7.11 Å². The van der Waals surface area contributed by atoms with E-state index < -0.39 is 0 Å². The van der Waals surface area contributed by atoms with E-state index in [9.17, 15) is 0 Å². The molecule has 4 heteroatoms. The fourth-order valence-corrected chi connectivity index (χ4v) is 2.46. The van der Waals surface area contributed by atoms with Crippen molar-refractivity contribution in [2.75, 3.05) is 7.11 Å². The lowest BCUT2D eigenvalue weighted by Crippen LogP contribution is -2.01. The van der Waals surface area contributed by atoms with Gasteiger partial charge in [-0.3, -0.25) is 0 Å². The number of nitrogens with zero attached hydrogens (tertiary/aromatic N) is 3. The third-order valence-corrected chi connectivity index (χ3v) is 3.35. The highest BCUT2D eigenvalue weighted by atomic mass is 16.5. The minimum atomic E-state index is 0.568. The lowest BCUT2D eigenvalue weighted by atomic mass is 10.2. The number of rotatable bonds is 2. The highest BCUT2D eigenvalue weighted by Crippen LogP contribution is 2.27. The van der Waals surface area contributed by atoms with Crippen LogP contribution in [-0.4, -0.2) is 16.9 Å². The second-order valence-corrected chi connectivity index (χ2v) is 4.35. The average molecular weight is 239 g/mol. The molecule has 1 aliphatic rings. The normalized spacial score (nSPS) is 13.1. The van der Waals surface area contributed by atoms with Crippen molar-refractivity contribution < 1.29 is 4.74 Å². The van der Waals surface area contributed by atoms with Gasteiger partial charge in [0.1, 0.15) is 11.8 Å². The first-order valence-corrected chi connectivity index (χ1v) is 5.99. The molecular formula is C14H13N3O. The molecule has 0 N–H and O–H groups in total. The van der Waals surface area contributed by atoms with Crippen LogP contribution in [0.25, 0.3) is 5.69 Å². The summed E-state index contributed by atoms with van der Waals surface area (Å²) in [5.41, 5.74) is 3.85. The van der Waals surface area contributed by atoms with E-state index >= 15 is 0 Å². The number of aromatic nitrogens is 2. The van der Waals surface area contributed by atoms with E-state index in [1.165, 1.54) is 5.69 Å².